The van der Waals surface area contributed by atoms with Gasteiger partial charge < -0.3 is 10.1 Å². The number of ether oxygens (including phenoxy) is 1. The standard InChI is InChI=1S/C22H17FN4O/c1-28-18-11-9-17(10-12-18)25-21-14-20(15-5-7-16(23)8-6-15)26-22(27-21)19-4-2-3-13-24-19/h2-14H,1H3,(H,25,26,27). The van der Waals surface area contributed by atoms with Gasteiger partial charge in [-0.05, 0) is 60.7 Å². The number of hydrogen-bond donors (Lipinski definition) is 1. The van der Waals surface area contributed by atoms with Crippen LogP contribution in [0.15, 0.2) is 79.0 Å². The van der Waals surface area contributed by atoms with Gasteiger partial charge in [0.25, 0.3) is 0 Å². The number of methoxy groups -OCH3 is 1. The molecule has 4 rings (SSSR count). The molecule has 2 aromatic carbocycles. The smallest absolute Gasteiger partial charge is 0.180 e. The number of rotatable bonds is 5. The second-order valence-electron chi connectivity index (χ2n) is 6.04. The highest BCUT2D eigenvalue weighted by molar-refractivity contribution is 5.69. The van der Waals surface area contributed by atoms with Crippen molar-refractivity contribution in [3.05, 3.63) is 84.8 Å². The Morgan fingerprint density at radius 3 is 2.32 bits per heavy atom. The van der Waals surface area contributed by atoms with E-state index in [9.17, 15) is 4.39 Å². The molecule has 2 aromatic heterocycles. The molecule has 0 aliphatic carbocycles. The van der Waals surface area contributed by atoms with E-state index in [4.69, 9.17) is 4.74 Å². The summed E-state index contributed by atoms with van der Waals surface area (Å²) < 4.78 is 18.5. The number of nitrogens with one attached hydrogen (secondary N) is 1. The summed E-state index contributed by atoms with van der Waals surface area (Å²) in [6.07, 6.45) is 1.69. The molecule has 0 bridgehead atoms. The molecule has 0 fully saturated rings. The van der Waals surface area contributed by atoms with Gasteiger partial charge in [-0.2, -0.15) is 0 Å². The summed E-state index contributed by atoms with van der Waals surface area (Å²) >= 11 is 0. The van der Waals surface area contributed by atoms with Crippen LogP contribution in [0.3, 0.4) is 0 Å². The van der Waals surface area contributed by atoms with Crippen LogP contribution in [0.5, 0.6) is 5.75 Å². The lowest BCUT2D eigenvalue weighted by atomic mass is 10.1. The van der Waals surface area contributed by atoms with Crippen LogP contribution in [0.25, 0.3) is 22.8 Å². The number of anilines is 2. The van der Waals surface area contributed by atoms with E-state index in [1.54, 1.807) is 25.4 Å². The molecule has 0 saturated carbocycles. The first kappa shape index (κ1) is 17.6. The Morgan fingerprint density at radius 2 is 1.64 bits per heavy atom. The molecule has 6 heteroatoms. The van der Waals surface area contributed by atoms with E-state index < -0.39 is 0 Å². The zero-order valence-electron chi connectivity index (χ0n) is 15.1. The van der Waals surface area contributed by atoms with Gasteiger partial charge in [0.2, 0.25) is 0 Å². The van der Waals surface area contributed by atoms with Gasteiger partial charge >= 0.3 is 0 Å². The molecular formula is C22H17FN4O. The number of halogens is 1. The summed E-state index contributed by atoms with van der Waals surface area (Å²) in [7, 11) is 1.63. The monoisotopic (exact) mass is 372 g/mol. The number of nitrogens with zero attached hydrogens (tertiary/aromatic N) is 3. The highest BCUT2D eigenvalue weighted by Gasteiger charge is 2.10. The van der Waals surface area contributed by atoms with Crippen molar-refractivity contribution in [1.29, 1.82) is 0 Å². The number of aromatic nitrogens is 3. The zero-order valence-corrected chi connectivity index (χ0v) is 15.1. The van der Waals surface area contributed by atoms with Crippen LogP contribution in [-0.2, 0) is 0 Å². The van der Waals surface area contributed by atoms with Crippen molar-refractivity contribution in [2.24, 2.45) is 0 Å². The predicted octanol–water partition coefficient (Wildman–Crippen LogP) is 5.10. The maximum absolute atomic E-state index is 13.3. The molecule has 0 atom stereocenters. The summed E-state index contributed by atoms with van der Waals surface area (Å²) in [5, 5.41) is 3.28. The van der Waals surface area contributed by atoms with Crippen LogP contribution >= 0.6 is 0 Å². The van der Waals surface area contributed by atoms with Crippen LogP contribution < -0.4 is 10.1 Å². The fourth-order valence-electron chi connectivity index (χ4n) is 2.71. The van der Waals surface area contributed by atoms with Gasteiger partial charge in [-0.3, -0.25) is 4.98 Å². The molecular weight excluding hydrogens is 355 g/mol. The maximum atomic E-state index is 13.3. The molecule has 0 aliphatic heterocycles. The van der Waals surface area contributed by atoms with Crippen molar-refractivity contribution in [3.8, 4) is 28.5 Å². The first-order valence-corrected chi connectivity index (χ1v) is 8.69. The largest absolute Gasteiger partial charge is 0.497 e. The molecule has 0 amide bonds. The van der Waals surface area contributed by atoms with E-state index in [1.807, 2.05) is 48.5 Å². The van der Waals surface area contributed by atoms with E-state index in [0.29, 0.717) is 23.0 Å². The maximum Gasteiger partial charge on any atom is 0.180 e. The van der Waals surface area contributed by atoms with Crippen LogP contribution in [-0.4, -0.2) is 22.1 Å². The summed E-state index contributed by atoms with van der Waals surface area (Å²) in [5.74, 6) is 1.58. The SMILES string of the molecule is COc1ccc(Nc2cc(-c3ccc(F)cc3)nc(-c3ccccn3)n2)cc1. The molecule has 0 spiro atoms. The third-order valence-electron chi connectivity index (χ3n) is 4.12. The van der Waals surface area contributed by atoms with E-state index in [-0.39, 0.29) is 5.82 Å². The van der Waals surface area contributed by atoms with Gasteiger partial charge in [0.05, 0.1) is 12.8 Å². The van der Waals surface area contributed by atoms with Gasteiger partial charge in [-0.15, -0.1) is 0 Å². The van der Waals surface area contributed by atoms with Crippen molar-refractivity contribution in [1.82, 2.24) is 15.0 Å². The van der Waals surface area contributed by atoms with Gasteiger partial charge in [0.1, 0.15) is 23.1 Å². The average molecular weight is 372 g/mol. The quantitative estimate of drug-likeness (QED) is 0.528. The molecule has 4 aromatic rings. The third kappa shape index (κ3) is 3.96. The number of benzene rings is 2. The molecule has 28 heavy (non-hydrogen) atoms. The molecule has 0 radical (unpaired) electrons. The van der Waals surface area contributed by atoms with Crippen molar-refractivity contribution in [3.63, 3.8) is 0 Å². The Labute approximate surface area is 161 Å². The molecule has 5 nitrogen and oxygen atoms in total. The first-order chi connectivity index (χ1) is 13.7. The lowest BCUT2D eigenvalue weighted by Crippen LogP contribution is -2.00. The summed E-state index contributed by atoms with van der Waals surface area (Å²) in [6.45, 7) is 0. The highest BCUT2D eigenvalue weighted by atomic mass is 19.1. The van der Waals surface area contributed by atoms with Crippen molar-refractivity contribution >= 4 is 11.5 Å². The highest BCUT2D eigenvalue weighted by Crippen LogP contribution is 2.26. The Kier molecular flexibility index (Phi) is 4.93. The van der Waals surface area contributed by atoms with Crippen molar-refractivity contribution in [2.45, 2.75) is 0 Å². The van der Waals surface area contributed by atoms with Gasteiger partial charge in [-0.25, -0.2) is 14.4 Å². The topological polar surface area (TPSA) is 59.9 Å². The molecule has 138 valence electrons. The molecule has 0 saturated heterocycles. The second kappa shape index (κ2) is 7.84. The first-order valence-electron chi connectivity index (χ1n) is 8.69. The summed E-state index contributed by atoms with van der Waals surface area (Å²) in [4.78, 5) is 13.6. The van der Waals surface area contributed by atoms with Gasteiger partial charge in [-0.1, -0.05) is 6.07 Å². The average Bonchev–Trinajstić information content (AvgIpc) is 2.75. The van der Waals surface area contributed by atoms with E-state index in [2.05, 4.69) is 20.3 Å². The minimum Gasteiger partial charge on any atom is -0.497 e. The van der Waals surface area contributed by atoms with E-state index in [1.165, 1.54) is 12.1 Å². The van der Waals surface area contributed by atoms with Gasteiger partial charge in [0, 0.05) is 23.5 Å². The zero-order chi connectivity index (χ0) is 19.3. The Morgan fingerprint density at radius 1 is 0.857 bits per heavy atom. The summed E-state index contributed by atoms with van der Waals surface area (Å²) in [5.41, 5.74) is 2.98. The molecule has 0 unspecified atom stereocenters. The molecule has 1 N–H and O–H groups in total. The summed E-state index contributed by atoms with van der Waals surface area (Å²) in [6, 6.07) is 21.1. The lowest BCUT2D eigenvalue weighted by molar-refractivity contribution is 0.415. The number of hydrogen-bond acceptors (Lipinski definition) is 5. The van der Waals surface area contributed by atoms with E-state index in [0.717, 1.165) is 17.0 Å². The Hall–Kier alpha value is -3.80. The minimum atomic E-state index is -0.292. The van der Waals surface area contributed by atoms with Crippen LogP contribution in [0.4, 0.5) is 15.9 Å². The van der Waals surface area contributed by atoms with Crippen LogP contribution in [0, 0.1) is 5.82 Å². The fraction of sp³-hybridized carbons (Fsp3) is 0.0455. The van der Waals surface area contributed by atoms with Crippen LogP contribution in [0.1, 0.15) is 0 Å². The normalized spacial score (nSPS) is 10.5. The number of pyridine rings is 1. The third-order valence-corrected chi connectivity index (χ3v) is 4.12. The molecule has 0 aliphatic rings. The van der Waals surface area contributed by atoms with E-state index >= 15 is 0 Å². The minimum absolute atomic E-state index is 0.292. The van der Waals surface area contributed by atoms with Crippen molar-refractivity contribution in [2.75, 3.05) is 12.4 Å². The van der Waals surface area contributed by atoms with Crippen molar-refractivity contribution < 1.29 is 9.13 Å². The fourth-order valence-corrected chi connectivity index (χ4v) is 2.71. The Balaban J connectivity index is 1.75. The van der Waals surface area contributed by atoms with Gasteiger partial charge in [0.15, 0.2) is 5.82 Å². The van der Waals surface area contributed by atoms with Crippen LogP contribution in [0.2, 0.25) is 0 Å². The molecule has 2 heterocycles. The lowest BCUT2D eigenvalue weighted by Gasteiger charge is -2.11. The second-order valence-corrected chi connectivity index (χ2v) is 6.04. The predicted molar refractivity (Wildman–Crippen MR) is 107 cm³/mol. The Bertz CT molecular complexity index is 1070.